The summed E-state index contributed by atoms with van der Waals surface area (Å²) >= 11 is 0. The van der Waals surface area contributed by atoms with Gasteiger partial charge in [-0.15, -0.1) is 0 Å². The molecule has 4 aliphatic carbocycles. The Bertz CT molecular complexity index is 539. The molecular weight excluding hydrogens is 276 g/mol. The number of carbonyl (C=O) groups excluding carboxylic acids is 1. The Kier molecular flexibility index (Phi) is 3.16. The van der Waals surface area contributed by atoms with E-state index in [9.17, 15) is 15.0 Å². The predicted octanol–water partition coefficient (Wildman–Crippen LogP) is 2.85. The number of aliphatic hydroxyl groups excluding tert-OH is 2. The number of fused-ring (bicyclic) bond motifs is 5. The molecule has 4 aliphatic rings. The van der Waals surface area contributed by atoms with Crippen LogP contribution in [0.3, 0.4) is 0 Å². The fourth-order valence-corrected chi connectivity index (χ4v) is 6.40. The smallest absolute Gasteiger partial charge is 0.139 e. The van der Waals surface area contributed by atoms with Gasteiger partial charge in [-0.1, -0.05) is 25.5 Å². The van der Waals surface area contributed by atoms with Crippen LogP contribution in [-0.4, -0.2) is 28.2 Å². The van der Waals surface area contributed by atoms with Gasteiger partial charge in [0.05, 0.1) is 12.2 Å². The maximum Gasteiger partial charge on any atom is 0.139 e. The van der Waals surface area contributed by atoms with Gasteiger partial charge in [-0.2, -0.15) is 0 Å². The maximum absolute atomic E-state index is 12.4. The van der Waals surface area contributed by atoms with Crippen LogP contribution in [0.4, 0.5) is 0 Å². The highest BCUT2D eigenvalue weighted by atomic mass is 16.3. The van der Waals surface area contributed by atoms with E-state index in [1.54, 1.807) is 0 Å². The molecule has 0 spiro atoms. The van der Waals surface area contributed by atoms with Gasteiger partial charge in [-0.25, -0.2) is 0 Å². The van der Waals surface area contributed by atoms with Crippen LogP contribution in [-0.2, 0) is 4.79 Å². The molecule has 0 heterocycles. The van der Waals surface area contributed by atoms with Crippen LogP contribution in [0.1, 0.15) is 58.8 Å². The molecule has 0 radical (unpaired) electrons. The summed E-state index contributed by atoms with van der Waals surface area (Å²) in [6.07, 6.45) is 7.65. The number of Topliss-reactive ketones (excluding diaryl/α,β-unsaturated/α-hetero) is 1. The first-order valence-corrected chi connectivity index (χ1v) is 8.97. The van der Waals surface area contributed by atoms with Crippen LogP contribution < -0.4 is 0 Å². The molecule has 0 aromatic carbocycles. The Morgan fingerprint density at radius 3 is 2.50 bits per heavy atom. The molecule has 4 rings (SSSR count). The molecule has 0 amide bonds. The zero-order valence-electron chi connectivity index (χ0n) is 13.7. The van der Waals surface area contributed by atoms with Gasteiger partial charge in [0.2, 0.25) is 0 Å². The number of carbonyl (C=O) groups is 1. The van der Waals surface area contributed by atoms with E-state index in [4.69, 9.17) is 0 Å². The molecule has 3 heteroatoms. The summed E-state index contributed by atoms with van der Waals surface area (Å²) in [6.45, 7) is 4.48. The van der Waals surface area contributed by atoms with E-state index in [2.05, 4.69) is 13.8 Å². The minimum Gasteiger partial charge on any atom is -0.393 e. The van der Waals surface area contributed by atoms with Crippen LogP contribution in [0.15, 0.2) is 11.6 Å². The van der Waals surface area contributed by atoms with Crippen molar-refractivity contribution in [2.75, 3.05) is 0 Å². The van der Waals surface area contributed by atoms with Crippen molar-refractivity contribution in [1.82, 2.24) is 0 Å². The van der Waals surface area contributed by atoms with Crippen LogP contribution in [0, 0.1) is 28.6 Å². The Morgan fingerprint density at radius 2 is 1.73 bits per heavy atom. The third-order valence-corrected chi connectivity index (χ3v) is 7.81. The standard InChI is InChI=1S/C19H28O3/c1-18-7-5-12(20)9-11(18)10-15(21)17-13-3-4-16(22)19(13,2)8-6-14(17)18/h10,12-15,17,20-21H,3-9H2,1-2H3/t12-,13-,14-,15-,17-,18-,19+/m0/s1. The highest BCUT2D eigenvalue weighted by Gasteiger charge is 2.60. The van der Waals surface area contributed by atoms with E-state index < -0.39 is 6.10 Å². The summed E-state index contributed by atoms with van der Waals surface area (Å²) in [7, 11) is 0. The summed E-state index contributed by atoms with van der Waals surface area (Å²) < 4.78 is 0. The van der Waals surface area contributed by atoms with E-state index in [0.29, 0.717) is 24.0 Å². The van der Waals surface area contributed by atoms with Gasteiger partial charge in [0.1, 0.15) is 5.78 Å². The average molecular weight is 304 g/mol. The summed E-state index contributed by atoms with van der Waals surface area (Å²) in [5, 5.41) is 20.8. The first-order chi connectivity index (χ1) is 10.4. The van der Waals surface area contributed by atoms with Crippen LogP contribution in [0.5, 0.6) is 0 Å². The Balaban J connectivity index is 1.75. The second kappa shape index (κ2) is 4.67. The quantitative estimate of drug-likeness (QED) is 0.677. The molecule has 0 unspecified atom stereocenters. The Labute approximate surface area is 132 Å². The van der Waals surface area contributed by atoms with Crippen LogP contribution in [0.25, 0.3) is 0 Å². The lowest BCUT2D eigenvalue weighted by molar-refractivity contribution is -0.135. The summed E-state index contributed by atoms with van der Waals surface area (Å²) in [5.74, 6) is 1.46. The Hall–Kier alpha value is -0.670. The van der Waals surface area contributed by atoms with Crippen LogP contribution >= 0.6 is 0 Å². The summed E-state index contributed by atoms with van der Waals surface area (Å²) in [4.78, 5) is 12.4. The molecule has 22 heavy (non-hydrogen) atoms. The number of hydrogen-bond donors (Lipinski definition) is 2. The lowest BCUT2D eigenvalue weighted by Gasteiger charge is -2.58. The van der Waals surface area contributed by atoms with E-state index in [-0.39, 0.29) is 22.9 Å². The molecule has 3 fully saturated rings. The molecule has 0 aromatic rings. The third-order valence-electron chi connectivity index (χ3n) is 7.81. The summed E-state index contributed by atoms with van der Waals surface area (Å²) in [5.41, 5.74) is 1.20. The molecule has 0 saturated heterocycles. The first-order valence-electron chi connectivity index (χ1n) is 8.97. The van der Waals surface area contributed by atoms with Gasteiger partial charge in [-0.05, 0) is 61.7 Å². The van der Waals surface area contributed by atoms with Crippen LogP contribution in [0.2, 0.25) is 0 Å². The monoisotopic (exact) mass is 304 g/mol. The lowest BCUT2D eigenvalue weighted by Crippen LogP contribution is -2.54. The zero-order chi connectivity index (χ0) is 15.7. The number of rotatable bonds is 0. The first kappa shape index (κ1) is 14.9. The topological polar surface area (TPSA) is 57.5 Å². The Morgan fingerprint density at radius 1 is 1.05 bits per heavy atom. The van der Waals surface area contributed by atoms with Gasteiger partial charge in [0, 0.05) is 11.8 Å². The third kappa shape index (κ3) is 1.78. The minimum absolute atomic E-state index is 0.121. The van der Waals surface area contributed by atoms with Crippen molar-refractivity contribution in [3.8, 4) is 0 Å². The number of aliphatic hydroxyl groups is 2. The van der Waals surface area contributed by atoms with Gasteiger partial charge in [0.25, 0.3) is 0 Å². The molecule has 2 N–H and O–H groups in total. The SMILES string of the molecule is C[C@@]12CC[C@H]3[C@@H]([C@@H](O)C=C4C[C@@H](O)CC[C@@]43C)[C@@H]1CCC2=O. The highest BCUT2D eigenvalue weighted by molar-refractivity contribution is 5.87. The molecule has 122 valence electrons. The zero-order valence-corrected chi connectivity index (χ0v) is 13.7. The normalized spacial score (nSPS) is 54.3. The molecule has 0 aliphatic heterocycles. The maximum atomic E-state index is 12.4. The van der Waals surface area contributed by atoms with Gasteiger partial charge in [-0.3, -0.25) is 4.79 Å². The lowest BCUT2D eigenvalue weighted by atomic mass is 9.47. The van der Waals surface area contributed by atoms with Crippen molar-refractivity contribution < 1.29 is 15.0 Å². The van der Waals surface area contributed by atoms with Crippen molar-refractivity contribution in [2.24, 2.45) is 28.6 Å². The second-order valence-electron chi connectivity index (χ2n) is 8.70. The molecule has 0 aromatic heterocycles. The van der Waals surface area contributed by atoms with E-state index in [0.717, 1.165) is 38.5 Å². The van der Waals surface area contributed by atoms with Crippen molar-refractivity contribution in [3.05, 3.63) is 11.6 Å². The average Bonchev–Trinajstić information content (AvgIpc) is 2.77. The van der Waals surface area contributed by atoms with E-state index in [1.807, 2.05) is 6.08 Å². The highest BCUT2D eigenvalue weighted by Crippen LogP contribution is 2.63. The van der Waals surface area contributed by atoms with Crippen molar-refractivity contribution >= 4 is 5.78 Å². The van der Waals surface area contributed by atoms with Crippen molar-refractivity contribution in [1.29, 1.82) is 0 Å². The molecule has 0 bridgehead atoms. The molecule has 7 atom stereocenters. The van der Waals surface area contributed by atoms with Crippen molar-refractivity contribution in [2.45, 2.75) is 71.0 Å². The predicted molar refractivity (Wildman–Crippen MR) is 84.1 cm³/mol. The largest absolute Gasteiger partial charge is 0.393 e. The van der Waals surface area contributed by atoms with Crippen molar-refractivity contribution in [3.63, 3.8) is 0 Å². The number of hydrogen-bond acceptors (Lipinski definition) is 3. The fourth-order valence-electron chi connectivity index (χ4n) is 6.40. The summed E-state index contributed by atoms with van der Waals surface area (Å²) in [6, 6.07) is 0. The number of ketones is 1. The van der Waals surface area contributed by atoms with Gasteiger partial charge in [0.15, 0.2) is 0 Å². The van der Waals surface area contributed by atoms with Gasteiger partial charge < -0.3 is 10.2 Å². The minimum atomic E-state index is -0.436. The van der Waals surface area contributed by atoms with Gasteiger partial charge >= 0.3 is 0 Å². The molecule has 3 nitrogen and oxygen atoms in total. The van der Waals surface area contributed by atoms with E-state index in [1.165, 1.54) is 5.57 Å². The molecular formula is C19H28O3. The van der Waals surface area contributed by atoms with E-state index >= 15 is 0 Å². The second-order valence-corrected chi connectivity index (χ2v) is 8.70. The fraction of sp³-hybridized carbons (Fsp3) is 0.842. The molecule has 3 saturated carbocycles.